The number of amides is 1. The van der Waals surface area contributed by atoms with E-state index in [4.69, 9.17) is 9.47 Å². The maximum atomic E-state index is 13.8. The number of ether oxygens (including phenoxy) is 2. The van der Waals surface area contributed by atoms with Gasteiger partial charge in [-0.1, -0.05) is 30.3 Å². The molecule has 9 heteroatoms. The number of hydrogen-bond acceptors (Lipinski definition) is 5. The lowest BCUT2D eigenvalue weighted by molar-refractivity contribution is -0.111. The highest BCUT2D eigenvalue weighted by Crippen LogP contribution is 2.32. The smallest absolute Gasteiger partial charge is 0.248 e. The molecule has 3 aromatic rings. The second kappa shape index (κ2) is 12.1. The molecule has 0 aromatic heterocycles. The Morgan fingerprint density at radius 2 is 1.76 bits per heavy atom. The molecule has 0 atom stereocenters. The number of hydrogen-bond donors (Lipinski definition) is 2. The summed E-state index contributed by atoms with van der Waals surface area (Å²) in [7, 11) is 1.48. The van der Waals surface area contributed by atoms with Gasteiger partial charge in [-0.2, -0.15) is 0 Å². The molecule has 3 aromatic carbocycles. The fourth-order valence-corrected chi connectivity index (χ4v) is 4.37. The molecule has 4 rings (SSSR count). The number of nitrogens with one attached hydrogen (secondary N) is 1. The molecule has 6 nitrogen and oxygen atoms in total. The minimum atomic E-state index is -1.34. The molecular formula is C29H29F3N2O4. The fourth-order valence-electron chi connectivity index (χ4n) is 4.37. The number of nitrogens with zero attached hydrogens (tertiary/aromatic N) is 1. The van der Waals surface area contributed by atoms with Gasteiger partial charge in [-0.05, 0) is 30.5 Å². The molecule has 200 valence electrons. The van der Waals surface area contributed by atoms with Crippen LogP contribution in [0.3, 0.4) is 0 Å². The van der Waals surface area contributed by atoms with Crippen molar-refractivity contribution in [1.82, 2.24) is 4.90 Å². The number of carbonyl (C=O) groups excluding carboxylic acids is 1. The van der Waals surface area contributed by atoms with Gasteiger partial charge in [-0.15, -0.1) is 0 Å². The molecule has 0 aliphatic carbocycles. The third kappa shape index (κ3) is 6.93. The summed E-state index contributed by atoms with van der Waals surface area (Å²) >= 11 is 0. The lowest BCUT2D eigenvalue weighted by Crippen LogP contribution is -2.43. The first-order valence-corrected chi connectivity index (χ1v) is 12.2. The summed E-state index contributed by atoms with van der Waals surface area (Å²) in [6, 6.07) is 15.8. The van der Waals surface area contributed by atoms with E-state index < -0.39 is 29.0 Å². The predicted octanol–water partition coefficient (Wildman–Crippen LogP) is 5.13. The molecule has 0 radical (unpaired) electrons. The van der Waals surface area contributed by atoms with Gasteiger partial charge in [0.05, 0.1) is 12.7 Å². The fraction of sp³-hybridized carbons (Fsp3) is 0.276. The number of piperidine rings is 1. The average molecular weight is 527 g/mol. The molecule has 1 heterocycles. The van der Waals surface area contributed by atoms with E-state index >= 15 is 0 Å². The van der Waals surface area contributed by atoms with Crippen LogP contribution in [0, 0.1) is 17.5 Å². The number of methoxy groups -OCH3 is 1. The van der Waals surface area contributed by atoms with Gasteiger partial charge in [-0.25, -0.2) is 13.2 Å². The minimum Gasteiger partial charge on any atom is -0.497 e. The summed E-state index contributed by atoms with van der Waals surface area (Å²) in [5.74, 6) is -3.24. The number of carbonyl (C=O) groups is 1. The van der Waals surface area contributed by atoms with Crippen molar-refractivity contribution < 1.29 is 32.5 Å². The Bertz CT molecular complexity index is 1290. The van der Waals surface area contributed by atoms with Crippen LogP contribution in [-0.4, -0.2) is 49.3 Å². The number of rotatable bonds is 9. The molecule has 0 saturated carbocycles. The van der Waals surface area contributed by atoms with Gasteiger partial charge in [0.25, 0.3) is 0 Å². The van der Waals surface area contributed by atoms with E-state index in [1.54, 1.807) is 18.2 Å². The molecular weight excluding hydrogens is 497 g/mol. The van der Waals surface area contributed by atoms with Crippen LogP contribution in [0.4, 0.5) is 18.9 Å². The van der Waals surface area contributed by atoms with E-state index in [9.17, 15) is 23.1 Å². The topological polar surface area (TPSA) is 71.0 Å². The van der Waals surface area contributed by atoms with Crippen LogP contribution in [0.15, 0.2) is 66.7 Å². The number of anilines is 1. The van der Waals surface area contributed by atoms with Crippen LogP contribution in [0.5, 0.6) is 11.5 Å². The van der Waals surface area contributed by atoms with E-state index in [0.717, 1.165) is 36.9 Å². The van der Waals surface area contributed by atoms with E-state index in [1.807, 2.05) is 30.3 Å². The van der Waals surface area contributed by atoms with Crippen LogP contribution >= 0.6 is 0 Å². The zero-order valence-electron chi connectivity index (χ0n) is 20.9. The van der Waals surface area contributed by atoms with Crippen molar-refractivity contribution in [2.24, 2.45) is 0 Å². The van der Waals surface area contributed by atoms with Crippen LogP contribution in [0.1, 0.15) is 24.0 Å². The van der Waals surface area contributed by atoms with Gasteiger partial charge in [0.15, 0.2) is 11.6 Å². The first-order chi connectivity index (χ1) is 18.3. The Hall–Kier alpha value is -3.82. The van der Waals surface area contributed by atoms with Crippen LogP contribution in [0.2, 0.25) is 0 Å². The molecule has 38 heavy (non-hydrogen) atoms. The van der Waals surface area contributed by atoms with Crippen molar-refractivity contribution in [3.05, 3.63) is 95.3 Å². The summed E-state index contributed by atoms with van der Waals surface area (Å²) in [6.45, 7) is 2.50. The minimum absolute atomic E-state index is 0.366. The first-order valence-electron chi connectivity index (χ1n) is 12.2. The van der Waals surface area contributed by atoms with E-state index in [0.29, 0.717) is 49.2 Å². The highest BCUT2D eigenvalue weighted by molar-refractivity contribution is 6.02. The van der Waals surface area contributed by atoms with Gasteiger partial charge in [0.1, 0.15) is 23.9 Å². The van der Waals surface area contributed by atoms with Gasteiger partial charge in [-0.3, -0.25) is 9.69 Å². The maximum Gasteiger partial charge on any atom is 0.248 e. The van der Waals surface area contributed by atoms with Crippen molar-refractivity contribution in [3.8, 4) is 11.5 Å². The van der Waals surface area contributed by atoms with Crippen molar-refractivity contribution in [1.29, 1.82) is 0 Å². The Labute approximate surface area is 219 Å². The third-order valence-electron chi connectivity index (χ3n) is 6.49. The Morgan fingerprint density at radius 3 is 2.47 bits per heavy atom. The number of likely N-dealkylation sites (tertiary alicyclic amines) is 1. The molecule has 2 N–H and O–H groups in total. The molecule has 0 spiro atoms. The molecule has 1 aliphatic heterocycles. The highest BCUT2D eigenvalue weighted by atomic mass is 19.2. The number of benzene rings is 3. The van der Waals surface area contributed by atoms with E-state index in [-0.39, 0.29) is 5.56 Å². The zero-order chi connectivity index (χ0) is 27.1. The number of halogens is 3. The molecule has 0 bridgehead atoms. The quantitative estimate of drug-likeness (QED) is 0.299. The summed E-state index contributed by atoms with van der Waals surface area (Å²) in [4.78, 5) is 14.6. The SMILES string of the molecule is COc1cc(NC(=O)/C=C/c2cc(F)cc(F)c2F)cc(OCCN2CCC(O)(c3ccccc3)CC2)c1. The standard InChI is InChI=1S/C29H29F3N2O4/c1-37-24-17-23(33-27(35)8-7-20-15-22(30)16-26(31)28(20)32)18-25(19-24)38-14-13-34-11-9-29(36,10-12-34)21-5-3-2-4-6-21/h2-8,15-19,36H,9-14H2,1H3,(H,33,35)/b8-7+. The summed E-state index contributed by atoms with van der Waals surface area (Å²) in [6.07, 6.45) is 3.23. The van der Waals surface area contributed by atoms with Crippen molar-refractivity contribution in [2.75, 3.05) is 38.7 Å². The highest BCUT2D eigenvalue weighted by Gasteiger charge is 2.33. The van der Waals surface area contributed by atoms with E-state index in [2.05, 4.69) is 10.2 Å². The number of aliphatic hydroxyl groups is 1. The van der Waals surface area contributed by atoms with Gasteiger partial charge in [0.2, 0.25) is 5.91 Å². The van der Waals surface area contributed by atoms with Crippen molar-refractivity contribution >= 4 is 17.7 Å². The van der Waals surface area contributed by atoms with Crippen LogP contribution in [-0.2, 0) is 10.4 Å². The van der Waals surface area contributed by atoms with Gasteiger partial charge < -0.3 is 19.9 Å². The summed E-state index contributed by atoms with van der Waals surface area (Å²) < 4.78 is 51.7. The average Bonchev–Trinajstić information content (AvgIpc) is 2.91. The largest absolute Gasteiger partial charge is 0.497 e. The molecule has 1 fully saturated rings. The van der Waals surface area contributed by atoms with Gasteiger partial charge in [0, 0.05) is 61.2 Å². The zero-order valence-corrected chi connectivity index (χ0v) is 20.9. The van der Waals surface area contributed by atoms with Gasteiger partial charge >= 0.3 is 0 Å². The Morgan fingerprint density at radius 1 is 1.05 bits per heavy atom. The first kappa shape index (κ1) is 27.2. The van der Waals surface area contributed by atoms with Crippen LogP contribution < -0.4 is 14.8 Å². The predicted molar refractivity (Wildman–Crippen MR) is 138 cm³/mol. The molecule has 1 aliphatic rings. The Kier molecular flexibility index (Phi) is 8.70. The lowest BCUT2D eigenvalue weighted by atomic mass is 9.84. The monoisotopic (exact) mass is 526 g/mol. The lowest BCUT2D eigenvalue weighted by Gasteiger charge is -2.38. The second-order valence-corrected chi connectivity index (χ2v) is 9.10. The summed E-state index contributed by atoms with van der Waals surface area (Å²) in [5.41, 5.74) is 0.102. The molecule has 1 amide bonds. The van der Waals surface area contributed by atoms with Crippen molar-refractivity contribution in [3.63, 3.8) is 0 Å². The second-order valence-electron chi connectivity index (χ2n) is 9.10. The normalized spacial score (nSPS) is 15.4. The van der Waals surface area contributed by atoms with E-state index in [1.165, 1.54) is 7.11 Å². The molecule has 0 unspecified atom stereocenters. The summed E-state index contributed by atoms with van der Waals surface area (Å²) in [5, 5.41) is 13.6. The molecule has 1 saturated heterocycles. The maximum absolute atomic E-state index is 13.8. The van der Waals surface area contributed by atoms with Crippen LogP contribution in [0.25, 0.3) is 6.08 Å². The third-order valence-corrected chi connectivity index (χ3v) is 6.49. The Balaban J connectivity index is 1.31. The van der Waals surface area contributed by atoms with Crippen molar-refractivity contribution in [2.45, 2.75) is 18.4 Å².